The summed E-state index contributed by atoms with van der Waals surface area (Å²) in [7, 11) is 0. The fourth-order valence-electron chi connectivity index (χ4n) is 2.63. The summed E-state index contributed by atoms with van der Waals surface area (Å²) in [6.45, 7) is 3.83. The number of fused-ring (bicyclic) bond motifs is 1. The van der Waals surface area contributed by atoms with Crippen LogP contribution in [0.15, 0.2) is 46.6 Å². The molecular formula is C16H16N2O3S. The lowest BCUT2D eigenvalue weighted by atomic mass is 9.96. The number of carbonyl (C=O) groups is 2. The third-order valence-electron chi connectivity index (χ3n) is 3.61. The number of nitrogens with zero attached hydrogens (tertiary/aromatic N) is 2. The molecule has 0 bridgehead atoms. The van der Waals surface area contributed by atoms with Crippen molar-refractivity contribution in [2.75, 3.05) is 12.4 Å². The monoisotopic (exact) mass is 316 g/mol. The SMILES string of the molecule is CCOC(=O)C1=C(C)N2C(=O)CSC2=N[C@H]1c1ccccc1. The Labute approximate surface area is 133 Å². The highest BCUT2D eigenvalue weighted by molar-refractivity contribution is 8.15. The maximum atomic E-state index is 12.4. The molecule has 1 amide bonds. The van der Waals surface area contributed by atoms with E-state index in [1.807, 2.05) is 30.3 Å². The van der Waals surface area contributed by atoms with Crippen molar-refractivity contribution in [3.8, 4) is 0 Å². The summed E-state index contributed by atoms with van der Waals surface area (Å²) in [5.74, 6) is -0.107. The van der Waals surface area contributed by atoms with E-state index in [4.69, 9.17) is 4.74 Å². The Morgan fingerprint density at radius 2 is 2.14 bits per heavy atom. The molecule has 0 spiro atoms. The van der Waals surface area contributed by atoms with Crippen LogP contribution in [0.4, 0.5) is 0 Å². The first-order valence-electron chi connectivity index (χ1n) is 7.10. The van der Waals surface area contributed by atoms with E-state index in [1.165, 1.54) is 16.7 Å². The van der Waals surface area contributed by atoms with Crippen molar-refractivity contribution in [2.24, 2.45) is 4.99 Å². The number of benzene rings is 1. The molecule has 0 aromatic heterocycles. The number of thioether (sulfide) groups is 1. The first-order chi connectivity index (χ1) is 10.6. The van der Waals surface area contributed by atoms with Crippen LogP contribution in [0, 0.1) is 0 Å². The first kappa shape index (κ1) is 14.8. The fourth-order valence-corrected chi connectivity index (χ4v) is 3.56. The van der Waals surface area contributed by atoms with E-state index in [-0.39, 0.29) is 12.5 Å². The molecule has 1 fully saturated rings. The van der Waals surface area contributed by atoms with Crippen molar-refractivity contribution in [3.05, 3.63) is 47.2 Å². The van der Waals surface area contributed by atoms with E-state index in [1.54, 1.807) is 13.8 Å². The average molecular weight is 316 g/mol. The standard InChI is InChI=1S/C16H16N2O3S/c1-3-21-15(20)13-10(2)18-12(19)9-22-16(18)17-14(13)11-7-5-4-6-8-11/h4-8,14H,3,9H2,1-2H3/t14-/m0/s1. The quantitative estimate of drug-likeness (QED) is 0.804. The average Bonchev–Trinajstić information content (AvgIpc) is 2.89. The van der Waals surface area contributed by atoms with Gasteiger partial charge in [-0.15, -0.1) is 0 Å². The van der Waals surface area contributed by atoms with Crippen LogP contribution in [-0.2, 0) is 14.3 Å². The van der Waals surface area contributed by atoms with Crippen LogP contribution in [0.5, 0.6) is 0 Å². The van der Waals surface area contributed by atoms with Crippen LogP contribution < -0.4 is 0 Å². The van der Waals surface area contributed by atoms with Gasteiger partial charge in [-0.1, -0.05) is 42.1 Å². The smallest absolute Gasteiger partial charge is 0.338 e. The molecule has 0 N–H and O–H groups in total. The molecule has 22 heavy (non-hydrogen) atoms. The second-order valence-corrected chi connectivity index (χ2v) is 5.90. The topological polar surface area (TPSA) is 59.0 Å². The van der Waals surface area contributed by atoms with Crippen LogP contribution in [-0.4, -0.2) is 34.3 Å². The minimum atomic E-state index is -0.426. The van der Waals surface area contributed by atoms with Crippen LogP contribution >= 0.6 is 11.8 Å². The van der Waals surface area contributed by atoms with Crippen molar-refractivity contribution in [1.82, 2.24) is 4.90 Å². The highest BCUT2D eigenvalue weighted by Crippen LogP contribution is 2.39. The maximum absolute atomic E-state index is 12.4. The number of amides is 1. The van der Waals surface area contributed by atoms with Crippen LogP contribution in [0.25, 0.3) is 0 Å². The van der Waals surface area contributed by atoms with E-state index in [2.05, 4.69) is 4.99 Å². The number of amidine groups is 1. The largest absolute Gasteiger partial charge is 0.463 e. The summed E-state index contributed by atoms with van der Waals surface area (Å²) in [4.78, 5) is 30.6. The lowest BCUT2D eigenvalue weighted by Gasteiger charge is -2.29. The Bertz CT molecular complexity index is 682. The molecule has 2 aliphatic rings. The summed E-state index contributed by atoms with van der Waals surface area (Å²) < 4.78 is 5.18. The number of carbonyl (C=O) groups excluding carboxylic acids is 2. The molecule has 0 aliphatic carbocycles. The Hall–Kier alpha value is -2.08. The molecule has 2 aliphatic heterocycles. The minimum Gasteiger partial charge on any atom is -0.463 e. The molecule has 6 heteroatoms. The van der Waals surface area contributed by atoms with Gasteiger partial charge in [-0.25, -0.2) is 9.79 Å². The van der Waals surface area contributed by atoms with Crippen LogP contribution in [0.1, 0.15) is 25.5 Å². The Morgan fingerprint density at radius 3 is 2.82 bits per heavy atom. The van der Waals surface area contributed by atoms with Gasteiger partial charge >= 0.3 is 5.97 Å². The van der Waals surface area contributed by atoms with Gasteiger partial charge in [0.2, 0.25) is 5.91 Å². The number of allylic oxidation sites excluding steroid dienone is 1. The van der Waals surface area contributed by atoms with E-state index >= 15 is 0 Å². The third-order valence-corrected chi connectivity index (χ3v) is 4.55. The number of aliphatic imine (C=N–C) groups is 1. The number of ether oxygens (including phenoxy) is 1. The Balaban J connectivity index is 2.10. The zero-order valence-corrected chi connectivity index (χ0v) is 13.2. The second-order valence-electron chi connectivity index (χ2n) is 4.96. The van der Waals surface area contributed by atoms with Gasteiger partial charge in [-0.2, -0.15) is 0 Å². The third kappa shape index (κ3) is 2.43. The lowest BCUT2D eigenvalue weighted by molar-refractivity contribution is -0.139. The van der Waals surface area contributed by atoms with Crippen LogP contribution in [0.2, 0.25) is 0 Å². The van der Waals surface area contributed by atoms with Crippen LogP contribution in [0.3, 0.4) is 0 Å². The molecule has 1 atom stereocenters. The van der Waals surface area contributed by atoms with E-state index < -0.39 is 12.0 Å². The van der Waals surface area contributed by atoms with Crippen molar-refractivity contribution >= 4 is 28.8 Å². The van der Waals surface area contributed by atoms with Crippen molar-refractivity contribution in [3.63, 3.8) is 0 Å². The Kier molecular flexibility index (Phi) is 4.02. The number of rotatable bonds is 3. The van der Waals surface area contributed by atoms with Gasteiger partial charge in [-0.05, 0) is 19.4 Å². The van der Waals surface area contributed by atoms with Gasteiger partial charge in [0.15, 0.2) is 5.17 Å². The molecule has 0 unspecified atom stereocenters. The minimum absolute atomic E-state index is 0.0467. The van der Waals surface area contributed by atoms with Gasteiger partial charge in [0, 0.05) is 5.70 Å². The highest BCUT2D eigenvalue weighted by atomic mass is 32.2. The molecule has 114 valence electrons. The number of hydrogen-bond donors (Lipinski definition) is 0. The predicted octanol–water partition coefficient (Wildman–Crippen LogP) is 2.51. The molecular weight excluding hydrogens is 300 g/mol. The van der Waals surface area contributed by atoms with E-state index in [0.717, 1.165) is 5.56 Å². The van der Waals surface area contributed by atoms with Gasteiger partial charge in [0.1, 0.15) is 6.04 Å². The van der Waals surface area contributed by atoms with Gasteiger partial charge in [-0.3, -0.25) is 9.69 Å². The lowest BCUT2D eigenvalue weighted by Crippen LogP contribution is -2.35. The number of hydrogen-bond acceptors (Lipinski definition) is 5. The molecule has 2 heterocycles. The molecule has 1 saturated heterocycles. The van der Waals surface area contributed by atoms with Crippen molar-refractivity contribution in [2.45, 2.75) is 19.9 Å². The van der Waals surface area contributed by atoms with Crippen molar-refractivity contribution < 1.29 is 14.3 Å². The zero-order valence-electron chi connectivity index (χ0n) is 12.4. The summed E-state index contributed by atoms with van der Waals surface area (Å²) in [6.07, 6.45) is 0. The second kappa shape index (κ2) is 5.96. The summed E-state index contributed by atoms with van der Waals surface area (Å²) >= 11 is 1.40. The van der Waals surface area contributed by atoms with Gasteiger partial charge in [0.05, 0.1) is 17.9 Å². The molecule has 3 rings (SSSR count). The maximum Gasteiger partial charge on any atom is 0.338 e. The normalized spacial score (nSPS) is 20.8. The zero-order chi connectivity index (χ0) is 15.7. The first-order valence-corrected chi connectivity index (χ1v) is 8.08. The van der Waals surface area contributed by atoms with E-state index in [0.29, 0.717) is 22.2 Å². The van der Waals surface area contributed by atoms with Gasteiger partial charge in [0.25, 0.3) is 0 Å². The van der Waals surface area contributed by atoms with E-state index in [9.17, 15) is 9.59 Å². The molecule has 1 aromatic carbocycles. The van der Waals surface area contributed by atoms with Gasteiger partial charge < -0.3 is 4.74 Å². The Morgan fingerprint density at radius 1 is 1.41 bits per heavy atom. The molecule has 0 radical (unpaired) electrons. The van der Waals surface area contributed by atoms with Crippen molar-refractivity contribution in [1.29, 1.82) is 0 Å². The predicted molar refractivity (Wildman–Crippen MR) is 85.3 cm³/mol. The summed E-state index contributed by atoms with van der Waals surface area (Å²) in [5, 5.41) is 0.657. The summed E-state index contributed by atoms with van der Waals surface area (Å²) in [5.41, 5.74) is 1.97. The molecule has 5 nitrogen and oxygen atoms in total. The molecule has 0 saturated carbocycles. The fraction of sp³-hybridized carbons (Fsp3) is 0.312. The highest BCUT2D eigenvalue weighted by Gasteiger charge is 2.39. The number of esters is 1. The summed E-state index contributed by atoms with van der Waals surface area (Å²) in [6, 6.07) is 9.17. The molecule has 1 aromatic rings.